The lowest BCUT2D eigenvalue weighted by atomic mass is 10.3. The fourth-order valence-electron chi connectivity index (χ4n) is 0.752. The number of isocyanates is 2. The zero-order chi connectivity index (χ0) is 12.2. The van der Waals surface area contributed by atoms with Crippen molar-refractivity contribution in [3.05, 3.63) is 24.3 Å². The molecule has 1 rings (SSSR count). The summed E-state index contributed by atoms with van der Waals surface area (Å²) in [4.78, 5) is 26.5. The van der Waals surface area contributed by atoms with Crippen LogP contribution in [0.1, 0.15) is 0 Å². The third kappa shape index (κ3) is 5.59. The maximum absolute atomic E-state index is 9.90. The average molecular weight is 222 g/mol. The molecule has 0 amide bonds. The van der Waals surface area contributed by atoms with Gasteiger partial charge in [0.1, 0.15) is 11.4 Å². The van der Waals surface area contributed by atoms with Crippen LogP contribution in [0.5, 0.6) is 0 Å². The first-order chi connectivity index (χ1) is 7.79. The van der Waals surface area contributed by atoms with Crippen molar-refractivity contribution in [2.24, 2.45) is 9.98 Å². The molecule has 16 heavy (non-hydrogen) atoms. The first kappa shape index (κ1) is 13.9. The highest BCUT2D eigenvalue weighted by molar-refractivity contribution is 5.67. The number of rotatable bonds is 3. The quantitative estimate of drug-likeness (QED) is 0.577. The summed E-state index contributed by atoms with van der Waals surface area (Å²) in [5, 5.41) is 15.2. The fraction of sp³-hybridized carbons (Fsp3) is 0.200. The van der Waals surface area contributed by atoms with Gasteiger partial charge in [-0.1, -0.05) is 12.1 Å². The molecule has 84 valence electrons. The molecule has 0 bridgehead atoms. The third-order valence-electron chi connectivity index (χ3n) is 1.31. The summed E-state index contributed by atoms with van der Waals surface area (Å²) in [6.07, 6.45) is 2.74. The van der Waals surface area contributed by atoms with E-state index in [1.54, 1.807) is 24.3 Å². The molecular formula is C10H10N2O4. The minimum absolute atomic E-state index is 0.125. The van der Waals surface area contributed by atoms with Gasteiger partial charge in [0, 0.05) is 0 Å². The Balaban J connectivity index is 0.000000487. The molecule has 0 aliphatic rings. The summed E-state index contributed by atoms with van der Waals surface area (Å²) in [5.74, 6) is 0. The van der Waals surface area contributed by atoms with Crippen molar-refractivity contribution >= 4 is 23.5 Å². The van der Waals surface area contributed by atoms with Crippen LogP contribution in [-0.4, -0.2) is 35.6 Å². The summed E-state index contributed by atoms with van der Waals surface area (Å²) in [6.45, 7) is -0.250. The number of aliphatic imine (C=N–C) groups is 2. The Kier molecular flexibility index (Phi) is 8.21. The molecule has 6 heteroatoms. The molecule has 0 heterocycles. The zero-order valence-corrected chi connectivity index (χ0v) is 8.33. The molecular weight excluding hydrogens is 212 g/mol. The number of aliphatic hydroxyl groups excluding tert-OH is 2. The lowest BCUT2D eigenvalue weighted by Crippen LogP contribution is -1.85. The van der Waals surface area contributed by atoms with Crippen LogP contribution < -0.4 is 0 Å². The molecule has 1 aromatic rings. The molecule has 0 aromatic heterocycles. The summed E-state index contributed by atoms with van der Waals surface area (Å²) in [7, 11) is 0. The Labute approximate surface area is 91.6 Å². The van der Waals surface area contributed by atoms with E-state index in [1.807, 2.05) is 0 Å². The smallest absolute Gasteiger partial charge is 0.240 e. The van der Waals surface area contributed by atoms with Crippen LogP contribution in [0, 0.1) is 0 Å². The highest BCUT2D eigenvalue weighted by Crippen LogP contribution is 2.25. The van der Waals surface area contributed by atoms with E-state index in [1.165, 1.54) is 12.2 Å². The number of para-hydroxylation sites is 2. The highest BCUT2D eigenvalue weighted by Gasteiger charge is 1.96. The van der Waals surface area contributed by atoms with Crippen molar-refractivity contribution in [2.45, 2.75) is 0 Å². The molecule has 6 nitrogen and oxygen atoms in total. The summed E-state index contributed by atoms with van der Waals surface area (Å²) >= 11 is 0. The standard InChI is InChI=1S/C8H4N2O2.C2H6O2/c11-5-9-7-3-1-2-4-8(7)10-6-12;3-1-2-4/h1-4H;3-4H,1-2H2. The van der Waals surface area contributed by atoms with Crippen LogP contribution in [0.3, 0.4) is 0 Å². The largest absolute Gasteiger partial charge is 0.394 e. The van der Waals surface area contributed by atoms with Gasteiger partial charge in [-0.3, -0.25) is 0 Å². The average Bonchev–Trinajstić information content (AvgIpc) is 2.33. The normalized spacial score (nSPS) is 7.88. The first-order valence-corrected chi connectivity index (χ1v) is 4.26. The number of carbonyl (C=O) groups excluding carboxylic acids is 2. The Morgan fingerprint density at radius 3 is 1.56 bits per heavy atom. The maximum atomic E-state index is 9.90. The van der Waals surface area contributed by atoms with E-state index in [9.17, 15) is 9.59 Å². The lowest BCUT2D eigenvalue weighted by molar-refractivity contribution is 0.186. The van der Waals surface area contributed by atoms with Gasteiger partial charge in [-0.25, -0.2) is 9.59 Å². The monoisotopic (exact) mass is 222 g/mol. The number of aliphatic hydroxyl groups is 2. The molecule has 0 unspecified atom stereocenters. The molecule has 0 saturated carbocycles. The van der Waals surface area contributed by atoms with Crippen LogP contribution in [0.4, 0.5) is 11.4 Å². The van der Waals surface area contributed by atoms with Crippen molar-refractivity contribution in [3.63, 3.8) is 0 Å². The van der Waals surface area contributed by atoms with Gasteiger partial charge in [0.15, 0.2) is 0 Å². The van der Waals surface area contributed by atoms with Gasteiger partial charge in [-0.05, 0) is 12.1 Å². The maximum Gasteiger partial charge on any atom is 0.240 e. The fourth-order valence-corrected chi connectivity index (χ4v) is 0.752. The summed E-state index contributed by atoms with van der Waals surface area (Å²) in [6, 6.07) is 6.47. The minimum Gasteiger partial charge on any atom is -0.394 e. The Morgan fingerprint density at radius 2 is 1.31 bits per heavy atom. The van der Waals surface area contributed by atoms with Crippen LogP contribution in [0.15, 0.2) is 34.3 Å². The van der Waals surface area contributed by atoms with E-state index in [0.717, 1.165) is 0 Å². The van der Waals surface area contributed by atoms with Crippen molar-refractivity contribution in [3.8, 4) is 0 Å². The molecule has 0 fully saturated rings. The first-order valence-electron chi connectivity index (χ1n) is 4.26. The Bertz CT molecular complexity index is 368. The molecule has 0 spiro atoms. The summed E-state index contributed by atoms with van der Waals surface area (Å²) in [5.41, 5.74) is 0.631. The van der Waals surface area contributed by atoms with Crippen molar-refractivity contribution in [2.75, 3.05) is 13.2 Å². The van der Waals surface area contributed by atoms with Gasteiger partial charge >= 0.3 is 0 Å². The highest BCUT2D eigenvalue weighted by atomic mass is 16.3. The van der Waals surface area contributed by atoms with E-state index in [2.05, 4.69) is 9.98 Å². The summed E-state index contributed by atoms with van der Waals surface area (Å²) < 4.78 is 0. The third-order valence-corrected chi connectivity index (χ3v) is 1.31. The van der Waals surface area contributed by atoms with Crippen molar-refractivity contribution < 1.29 is 19.8 Å². The van der Waals surface area contributed by atoms with Gasteiger partial charge in [0.2, 0.25) is 12.2 Å². The number of nitrogens with zero attached hydrogens (tertiary/aromatic N) is 2. The predicted octanol–water partition coefficient (Wildman–Crippen LogP) is 0.592. The zero-order valence-electron chi connectivity index (χ0n) is 8.33. The van der Waals surface area contributed by atoms with Crippen LogP contribution in [0.25, 0.3) is 0 Å². The Morgan fingerprint density at radius 1 is 0.938 bits per heavy atom. The van der Waals surface area contributed by atoms with Gasteiger partial charge in [-0.15, -0.1) is 0 Å². The Hall–Kier alpha value is -2.10. The van der Waals surface area contributed by atoms with E-state index >= 15 is 0 Å². The lowest BCUT2D eigenvalue weighted by Gasteiger charge is -1.92. The second-order valence-electron chi connectivity index (χ2n) is 2.34. The molecule has 0 atom stereocenters. The van der Waals surface area contributed by atoms with Gasteiger partial charge in [-0.2, -0.15) is 9.98 Å². The molecule has 0 aliphatic heterocycles. The molecule has 2 N–H and O–H groups in total. The number of hydrogen-bond acceptors (Lipinski definition) is 6. The molecule has 0 saturated heterocycles. The number of benzene rings is 1. The van der Waals surface area contributed by atoms with Crippen LogP contribution in [0.2, 0.25) is 0 Å². The van der Waals surface area contributed by atoms with E-state index < -0.39 is 0 Å². The molecule has 0 radical (unpaired) electrons. The topological polar surface area (TPSA) is 99.3 Å². The number of hydrogen-bond donors (Lipinski definition) is 2. The predicted molar refractivity (Wildman–Crippen MR) is 56.2 cm³/mol. The molecule has 1 aromatic carbocycles. The van der Waals surface area contributed by atoms with Crippen molar-refractivity contribution in [1.29, 1.82) is 0 Å². The van der Waals surface area contributed by atoms with Gasteiger partial charge < -0.3 is 10.2 Å². The van der Waals surface area contributed by atoms with E-state index in [4.69, 9.17) is 10.2 Å². The van der Waals surface area contributed by atoms with Crippen molar-refractivity contribution in [1.82, 2.24) is 0 Å². The van der Waals surface area contributed by atoms with Gasteiger partial charge in [0.25, 0.3) is 0 Å². The second kappa shape index (κ2) is 9.45. The second-order valence-corrected chi connectivity index (χ2v) is 2.34. The SMILES string of the molecule is O=C=Nc1ccccc1N=C=O.OCCO. The molecule has 0 aliphatic carbocycles. The van der Waals surface area contributed by atoms with Crippen LogP contribution >= 0.6 is 0 Å². The van der Waals surface area contributed by atoms with Crippen LogP contribution in [-0.2, 0) is 9.59 Å². The van der Waals surface area contributed by atoms with Gasteiger partial charge in [0.05, 0.1) is 13.2 Å². The van der Waals surface area contributed by atoms with E-state index in [-0.39, 0.29) is 13.2 Å². The van der Waals surface area contributed by atoms with E-state index in [0.29, 0.717) is 11.4 Å². The minimum atomic E-state index is -0.125.